The number of nitrogens with two attached hydrogens (primary N) is 1. The Kier molecular flexibility index (Phi) is 2.96. The highest BCUT2D eigenvalue weighted by Crippen LogP contribution is 2.22. The lowest BCUT2D eigenvalue weighted by molar-refractivity contribution is -0.121. The van der Waals surface area contributed by atoms with Crippen LogP contribution in [-0.2, 0) is 9.53 Å². The van der Waals surface area contributed by atoms with Gasteiger partial charge >= 0.3 is 0 Å². The third-order valence-electron chi connectivity index (χ3n) is 2.95. The van der Waals surface area contributed by atoms with Gasteiger partial charge in [0.25, 0.3) is 5.78 Å². The highest BCUT2D eigenvalue weighted by molar-refractivity contribution is 6.29. The van der Waals surface area contributed by atoms with E-state index in [9.17, 15) is 4.79 Å². The number of aromatic nitrogens is 4. The van der Waals surface area contributed by atoms with Crippen molar-refractivity contribution in [2.24, 2.45) is 5.73 Å². The molecule has 2 N–H and O–H groups in total. The Balaban J connectivity index is 2.11. The number of rotatable bonds is 2. The average molecular weight is 283 g/mol. The van der Waals surface area contributed by atoms with Crippen molar-refractivity contribution in [2.45, 2.75) is 6.04 Å². The molecule has 0 bridgehead atoms. The summed E-state index contributed by atoms with van der Waals surface area (Å²) in [4.78, 5) is 21.3. The monoisotopic (exact) mass is 282 g/mol. The van der Waals surface area contributed by atoms with E-state index in [4.69, 9.17) is 22.1 Å². The van der Waals surface area contributed by atoms with Crippen molar-refractivity contribution < 1.29 is 9.53 Å². The van der Waals surface area contributed by atoms with Crippen LogP contribution in [0.2, 0.25) is 5.15 Å². The summed E-state index contributed by atoms with van der Waals surface area (Å²) in [5, 5.41) is 4.36. The number of ether oxygens (including phenoxy) is 1. The van der Waals surface area contributed by atoms with Crippen molar-refractivity contribution in [2.75, 3.05) is 24.7 Å². The van der Waals surface area contributed by atoms with Crippen molar-refractivity contribution in [1.82, 2.24) is 19.6 Å². The number of primary amides is 1. The Morgan fingerprint density at radius 2 is 2.42 bits per heavy atom. The molecule has 1 fully saturated rings. The summed E-state index contributed by atoms with van der Waals surface area (Å²) in [5.41, 5.74) is 5.40. The Morgan fingerprint density at radius 1 is 1.58 bits per heavy atom. The molecule has 0 aliphatic carbocycles. The van der Waals surface area contributed by atoms with Crippen LogP contribution in [0.25, 0.3) is 5.78 Å². The van der Waals surface area contributed by atoms with Crippen LogP contribution in [0.1, 0.15) is 0 Å². The van der Waals surface area contributed by atoms with E-state index in [0.29, 0.717) is 24.7 Å². The Morgan fingerprint density at radius 3 is 3.21 bits per heavy atom. The smallest absolute Gasteiger partial charge is 0.255 e. The second-order valence-corrected chi connectivity index (χ2v) is 4.48. The number of morpholine rings is 1. The first kappa shape index (κ1) is 12.1. The molecule has 2 aromatic heterocycles. The average Bonchev–Trinajstić information content (AvgIpc) is 2.85. The topological polar surface area (TPSA) is 98.6 Å². The fourth-order valence-electron chi connectivity index (χ4n) is 2.09. The molecule has 1 aliphatic heterocycles. The maximum absolute atomic E-state index is 11.5. The third-order valence-corrected chi connectivity index (χ3v) is 3.15. The lowest BCUT2D eigenvalue weighted by atomic mass is 10.2. The van der Waals surface area contributed by atoms with Gasteiger partial charge in [-0.05, 0) is 0 Å². The minimum Gasteiger partial charge on any atom is -0.377 e. The minimum atomic E-state index is -0.556. The first-order valence-corrected chi connectivity index (χ1v) is 6.04. The first-order chi connectivity index (χ1) is 9.16. The second-order valence-electron chi connectivity index (χ2n) is 4.10. The molecule has 19 heavy (non-hydrogen) atoms. The summed E-state index contributed by atoms with van der Waals surface area (Å²) < 4.78 is 6.80. The van der Waals surface area contributed by atoms with Crippen LogP contribution in [0, 0.1) is 0 Å². The van der Waals surface area contributed by atoms with E-state index in [1.807, 2.05) is 0 Å². The van der Waals surface area contributed by atoms with E-state index in [2.05, 4.69) is 15.1 Å². The van der Waals surface area contributed by atoms with Crippen LogP contribution in [0.15, 0.2) is 12.4 Å². The minimum absolute atomic E-state index is 0.242. The van der Waals surface area contributed by atoms with E-state index in [1.165, 1.54) is 10.8 Å². The predicted octanol–water partition coefficient (Wildman–Crippen LogP) is -0.532. The van der Waals surface area contributed by atoms with E-state index in [0.717, 1.165) is 0 Å². The van der Waals surface area contributed by atoms with Crippen LogP contribution >= 0.6 is 11.6 Å². The van der Waals surface area contributed by atoms with Gasteiger partial charge in [0.2, 0.25) is 5.91 Å². The molecule has 3 rings (SSSR count). The van der Waals surface area contributed by atoms with Gasteiger partial charge in [-0.3, -0.25) is 4.79 Å². The number of nitrogens with zero attached hydrogens (tertiary/aromatic N) is 5. The van der Waals surface area contributed by atoms with Crippen LogP contribution in [-0.4, -0.2) is 51.3 Å². The summed E-state index contributed by atoms with van der Waals surface area (Å²) in [6.45, 7) is 1.26. The van der Waals surface area contributed by atoms with Crippen molar-refractivity contribution in [3.8, 4) is 0 Å². The third kappa shape index (κ3) is 2.08. The first-order valence-electron chi connectivity index (χ1n) is 5.67. The molecular weight excluding hydrogens is 272 g/mol. The Hall–Kier alpha value is -1.93. The molecule has 1 amide bonds. The van der Waals surface area contributed by atoms with E-state index in [-0.39, 0.29) is 11.8 Å². The SMILES string of the molecule is NC(=O)C1COCCN1c1cc(Cl)nc2ncnn12. The van der Waals surface area contributed by atoms with Crippen LogP contribution < -0.4 is 10.6 Å². The quantitative estimate of drug-likeness (QED) is 0.743. The molecule has 0 saturated carbocycles. The zero-order valence-electron chi connectivity index (χ0n) is 9.86. The summed E-state index contributed by atoms with van der Waals surface area (Å²) in [6.07, 6.45) is 1.38. The molecule has 1 atom stereocenters. The number of carbonyl (C=O) groups excluding carboxylic acids is 1. The summed E-state index contributed by atoms with van der Waals surface area (Å²) in [7, 11) is 0. The highest BCUT2D eigenvalue weighted by atomic mass is 35.5. The number of fused-ring (bicyclic) bond motifs is 1. The van der Waals surface area contributed by atoms with Gasteiger partial charge in [-0.25, -0.2) is 0 Å². The van der Waals surface area contributed by atoms with E-state index < -0.39 is 11.9 Å². The summed E-state index contributed by atoms with van der Waals surface area (Å²) >= 11 is 5.96. The summed E-state index contributed by atoms with van der Waals surface area (Å²) in [5.74, 6) is 0.540. The fraction of sp³-hybridized carbons (Fsp3) is 0.400. The molecule has 8 nitrogen and oxygen atoms in total. The Labute approximate surface area is 113 Å². The number of carbonyl (C=O) groups is 1. The van der Waals surface area contributed by atoms with Crippen molar-refractivity contribution in [3.05, 3.63) is 17.5 Å². The predicted molar refractivity (Wildman–Crippen MR) is 66.9 cm³/mol. The van der Waals surface area contributed by atoms with Gasteiger partial charge in [0.15, 0.2) is 0 Å². The fourth-order valence-corrected chi connectivity index (χ4v) is 2.26. The summed E-state index contributed by atoms with van der Waals surface area (Å²) in [6, 6.07) is 1.07. The van der Waals surface area contributed by atoms with Gasteiger partial charge in [0.1, 0.15) is 23.3 Å². The molecule has 0 radical (unpaired) electrons. The zero-order chi connectivity index (χ0) is 13.4. The molecule has 1 saturated heterocycles. The lowest BCUT2D eigenvalue weighted by Crippen LogP contribution is -2.53. The maximum atomic E-state index is 11.5. The molecular formula is C10H11ClN6O2. The van der Waals surface area contributed by atoms with Gasteiger partial charge in [0.05, 0.1) is 13.2 Å². The molecule has 3 heterocycles. The van der Waals surface area contributed by atoms with Gasteiger partial charge in [-0.1, -0.05) is 11.6 Å². The molecule has 1 unspecified atom stereocenters. The van der Waals surface area contributed by atoms with Crippen molar-refractivity contribution >= 4 is 29.1 Å². The Bertz CT molecular complexity index is 630. The van der Waals surface area contributed by atoms with Crippen LogP contribution in [0.5, 0.6) is 0 Å². The molecule has 1 aliphatic rings. The van der Waals surface area contributed by atoms with Gasteiger partial charge in [0, 0.05) is 12.6 Å². The molecule has 0 aromatic carbocycles. The van der Waals surface area contributed by atoms with Crippen molar-refractivity contribution in [3.63, 3.8) is 0 Å². The van der Waals surface area contributed by atoms with Gasteiger partial charge < -0.3 is 15.4 Å². The number of hydrogen-bond donors (Lipinski definition) is 1. The standard InChI is InChI=1S/C10H11ClN6O2/c11-7-3-8(17-10(15-7)13-5-14-17)16-1-2-19-4-6(16)9(12)18/h3,5-6H,1-2,4H2,(H2,12,18). The molecule has 2 aromatic rings. The molecule has 100 valence electrons. The highest BCUT2D eigenvalue weighted by Gasteiger charge is 2.30. The van der Waals surface area contributed by atoms with Crippen LogP contribution in [0.3, 0.4) is 0 Å². The number of halogens is 1. The second kappa shape index (κ2) is 4.63. The number of anilines is 1. The number of hydrogen-bond acceptors (Lipinski definition) is 6. The normalized spacial score (nSPS) is 19.8. The maximum Gasteiger partial charge on any atom is 0.255 e. The van der Waals surface area contributed by atoms with E-state index in [1.54, 1.807) is 11.0 Å². The molecule has 0 spiro atoms. The van der Waals surface area contributed by atoms with Crippen LogP contribution in [0.4, 0.5) is 5.82 Å². The lowest BCUT2D eigenvalue weighted by Gasteiger charge is -2.34. The zero-order valence-corrected chi connectivity index (χ0v) is 10.6. The van der Waals surface area contributed by atoms with Crippen molar-refractivity contribution in [1.29, 1.82) is 0 Å². The number of amides is 1. The largest absolute Gasteiger partial charge is 0.377 e. The van der Waals surface area contributed by atoms with E-state index >= 15 is 0 Å². The van der Waals surface area contributed by atoms with Gasteiger partial charge in [-0.15, -0.1) is 0 Å². The van der Waals surface area contributed by atoms with Gasteiger partial charge in [-0.2, -0.15) is 19.6 Å². The molecule has 9 heteroatoms.